The van der Waals surface area contributed by atoms with Crippen molar-refractivity contribution in [1.29, 1.82) is 0 Å². The lowest BCUT2D eigenvalue weighted by molar-refractivity contribution is -0.124. The monoisotopic (exact) mass is 324 g/mol. The fourth-order valence-corrected chi connectivity index (χ4v) is 3.18. The summed E-state index contributed by atoms with van der Waals surface area (Å²) >= 11 is 1.67. The number of nitrogens with zero attached hydrogens (tertiary/aromatic N) is 1. The number of aryl methyl sites for hydroxylation is 1. The topological polar surface area (TPSA) is 67.9 Å². The summed E-state index contributed by atoms with van der Waals surface area (Å²) in [4.78, 5) is 24.1. The third-order valence-electron chi connectivity index (χ3n) is 3.50. The molecular formula is C15H20N2O4S. The summed E-state index contributed by atoms with van der Waals surface area (Å²) in [6.45, 7) is 2.56. The molecule has 0 unspecified atom stereocenters. The highest BCUT2D eigenvalue weighted by molar-refractivity contribution is 7.98. The number of carbonyl (C=O) groups excluding carboxylic acids is 2. The smallest absolute Gasteiger partial charge is 0.324 e. The van der Waals surface area contributed by atoms with Crippen molar-refractivity contribution in [1.82, 2.24) is 10.2 Å². The lowest BCUT2D eigenvalue weighted by atomic mass is 10.1. The number of benzene rings is 1. The molecule has 22 heavy (non-hydrogen) atoms. The largest absolute Gasteiger partial charge is 0.493 e. The molecule has 0 saturated carbocycles. The predicted molar refractivity (Wildman–Crippen MR) is 85.6 cm³/mol. The first-order chi connectivity index (χ1) is 10.6. The molecule has 1 fully saturated rings. The van der Waals surface area contributed by atoms with E-state index in [9.17, 15) is 9.59 Å². The maximum atomic E-state index is 11.5. The van der Waals surface area contributed by atoms with Crippen molar-refractivity contribution in [3.63, 3.8) is 0 Å². The molecular weight excluding hydrogens is 304 g/mol. The molecule has 0 spiro atoms. The van der Waals surface area contributed by atoms with Crippen LogP contribution in [0, 0.1) is 6.92 Å². The minimum atomic E-state index is -0.298. The number of rotatable bonds is 7. The van der Waals surface area contributed by atoms with Crippen LogP contribution < -0.4 is 14.8 Å². The summed E-state index contributed by atoms with van der Waals surface area (Å²) in [5.74, 6) is 2.75. The van der Waals surface area contributed by atoms with Crippen LogP contribution in [-0.2, 0) is 10.5 Å². The molecule has 0 bridgehead atoms. The van der Waals surface area contributed by atoms with E-state index in [-0.39, 0.29) is 18.5 Å². The highest BCUT2D eigenvalue weighted by atomic mass is 32.2. The Labute approximate surface area is 134 Å². The molecule has 3 amide bonds. The fraction of sp³-hybridized carbons (Fsp3) is 0.467. The summed E-state index contributed by atoms with van der Waals surface area (Å²) in [5, 5.41) is 2.51. The lowest BCUT2D eigenvalue weighted by Gasteiger charge is -2.14. The van der Waals surface area contributed by atoms with Gasteiger partial charge in [-0.1, -0.05) is 0 Å². The molecule has 1 aromatic carbocycles. The van der Waals surface area contributed by atoms with Crippen molar-refractivity contribution < 1.29 is 19.1 Å². The van der Waals surface area contributed by atoms with Crippen LogP contribution in [0.4, 0.5) is 4.79 Å². The van der Waals surface area contributed by atoms with Crippen LogP contribution >= 0.6 is 11.8 Å². The van der Waals surface area contributed by atoms with Crippen molar-refractivity contribution in [2.45, 2.75) is 12.7 Å². The van der Waals surface area contributed by atoms with Gasteiger partial charge in [0.25, 0.3) is 0 Å². The van der Waals surface area contributed by atoms with E-state index in [4.69, 9.17) is 9.47 Å². The first-order valence-corrected chi connectivity index (χ1v) is 8.09. The van der Waals surface area contributed by atoms with Gasteiger partial charge in [-0.2, -0.15) is 11.8 Å². The number of methoxy groups -OCH3 is 2. The summed E-state index contributed by atoms with van der Waals surface area (Å²) in [5.41, 5.74) is 2.28. The maximum absolute atomic E-state index is 11.5. The number of urea groups is 1. The van der Waals surface area contributed by atoms with Gasteiger partial charge in [-0.15, -0.1) is 0 Å². The summed E-state index contributed by atoms with van der Waals surface area (Å²) in [7, 11) is 3.23. The molecule has 0 radical (unpaired) electrons. The molecule has 1 heterocycles. The van der Waals surface area contributed by atoms with Crippen molar-refractivity contribution in [2.24, 2.45) is 0 Å². The molecule has 1 aliphatic heterocycles. The van der Waals surface area contributed by atoms with E-state index in [0.717, 1.165) is 16.9 Å². The first-order valence-electron chi connectivity index (χ1n) is 6.94. The fourth-order valence-electron chi connectivity index (χ4n) is 2.20. The number of ether oxygens (including phenoxy) is 2. The summed E-state index contributed by atoms with van der Waals surface area (Å²) in [6.07, 6.45) is 0. The zero-order valence-electron chi connectivity index (χ0n) is 13.0. The molecule has 1 aliphatic rings. The Morgan fingerprint density at radius 2 is 1.91 bits per heavy atom. The number of amides is 3. The van der Waals surface area contributed by atoms with E-state index in [0.29, 0.717) is 23.8 Å². The number of hydrogen-bond donors (Lipinski definition) is 1. The van der Waals surface area contributed by atoms with Crippen molar-refractivity contribution in [3.05, 3.63) is 23.3 Å². The number of thioether (sulfide) groups is 1. The van der Waals surface area contributed by atoms with Crippen molar-refractivity contribution in [3.8, 4) is 11.5 Å². The van der Waals surface area contributed by atoms with E-state index in [2.05, 4.69) is 5.32 Å². The van der Waals surface area contributed by atoms with Crippen LogP contribution in [0.2, 0.25) is 0 Å². The minimum absolute atomic E-state index is 0.109. The van der Waals surface area contributed by atoms with E-state index < -0.39 is 0 Å². The zero-order valence-corrected chi connectivity index (χ0v) is 13.8. The normalized spacial score (nSPS) is 14.2. The quantitative estimate of drug-likeness (QED) is 0.612. The second-order valence-electron chi connectivity index (χ2n) is 4.89. The summed E-state index contributed by atoms with van der Waals surface area (Å²) in [6, 6.07) is 3.62. The van der Waals surface area contributed by atoms with E-state index >= 15 is 0 Å². The second kappa shape index (κ2) is 7.40. The Balaban J connectivity index is 1.89. The van der Waals surface area contributed by atoms with Gasteiger partial charge in [-0.3, -0.25) is 9.69 Å². The van der Waals surface area contributed by atoms with Gasteiger partial charge in [-0.05, 0) is 30.2 Å². The van der Waals surface area contributed by atoms with Crippen LogP contribution in [0.1, 0.15) is 11.1 Å². The average molecular weight is 324 g/mol. The molecule has 7 heteroatoms. The summed E-state index contributed by atoms with van der Waals surface area (Å²) < 4.78 is 10.6. The molecule has 0 atom stereocenters. The van der Waals surface area contributed by atoms with Crippen LogP contribution in [0.3, 0.4) is 0 Å². The number of imide groups is 1. The minimum Gasteiger partial charge on any atom is -0.493 e. The number of nitrogens with one attached hydrogen (secondary N) is 1. The highest BCUT2D eigenvalue weighted by Crippen LogP contribution is 2.31. The van der Waals surface area contributed by atoms with E-state index in [1.165, 1.54) is 4.90 Å². The maximum Gasteiger partial charge on any atom is 0.324 e. The van der Waals surface area contributed by atoms with Gasteiger partial charge in [-0.25, -0.2) is 4.79 Å². The van der Waals surface area contributed by atoms with Gasteiger partial charge in [0.15, 0.2) is 11.5 Å². The van der Waals surface area contributed by atoms with E-state index in [1.54, 1.807) is 26.0 Å². The molecule has 120 valence electrons. The van der Waals surface area contributed by atoms with E-state index in [1.807, 2.05) is 19.1 Å². The average Bonchev–Trinajstić information content (AvgIpc) is 2.83. The molecule has 6 nitrogen and oxygen atoms in total. The van der Waals surface area contributed by atoms with Crippen LogP contribution in [0.25, 0.3) is 0 Å². The SMILES string of the molecule is COc1cc(C)c(CSCCN2C(=O)CNC2=O)cc1OC. The zero-order chi connectivity index (χ0) is 16.1. The molecule has 0 aromatic heterocycles. The van der Waals surface area contributed by atoms with Crippen molar-refractivity contribution >= 4 is 23.7 Å². The molecule has 0 aliphatic carbocycles. The third kappa shape index (κ3) is 3.65. The lowest BCUT2D eigenvalue weighted by Crippen LogP contribution is -2.32. The van der Waals surface area contributed by atoms with Gasteiger partial charge in [0.2, 0.25) is 5.91 Å². The van der Waals surface area contributed by atoms with Gasteiger partial charge in [0.1, 0.15) is 0 Å². The van der Waals surface area contributed by atoms with Gasteiger partial charge >= 0.3 is 6.03 Å². The second-order valence-corrected chi connectivity index (χ2v) is 6.00. The molecule has 1 N–H and O–H groups in total. The Morgan fingerprint density at radius 1 is 1.23 bits per heavy atom. The number of hydrogen-bond acceptors (Lipinski definition) is 5. The predicted octanol–water partition coefficient (Wildman–Crippen LogP) is 1.80. The van der Waals surface area contributed by atoms with Crippen molar-refractivity contribution in [2.75, 3.05) is 33.1 Å². The Kier molecular flexibility index (Phi) is 5.54. The standard InChI is InChI=1S/C15H20N2O4S/c1-10-6-12(20-2)13(21-3)7-11(10)9-22-5-4-17-14(18)8-16-15(17)19/h6-7H,4-5,8-9H2,1-3H3,(H,16,19). The van der Waals surface area contributed by atoms with Gasteiger partial charge in [0.05, 0.1) is 20.8 Å². The molecule has 1 aromatic rings. The van der Waals surface area contributed by atoms with Crippen LogP contribution in [0.5, 0.6) is 11.5 Å². The Morgan fingerprint density at radius 3 is 2.50 bits per heavy atom. The third-order valence-corrected chi connectivity index (χ3v) is 4.48. The van der Waals surface area contributed by atoms with Crippen LogP contribution in [0.15, 0.2) is 12.1 Å². The first kappa shape index (κ1) is 16.5. The van der Waals surface area contributed by atoms with Crippen LogP contribution in [-0.4, -0.2) is 49.9 Å². The Bertz CT molecular complexity index is 561. The van der Waals surface area contributed by atoms with Gasteiger partial charge < -0.3 is 14.8 Å². The number of carbonyl (C=O) groups is 2. The Hall–Kier alpha value is -1.89. The molecule has 1 saturated heterocycles. The highest BCUT2D eigenvalue weighted by Gasteiger charge is 2.27. The van der Waals surface area contributed by atoms with Gasteiger partial charge in [0, 0.05) is 18.1 Å². The molecule has 2 rings (SSSR count).